The Kier molecular flexibility index (Phi) is 4.14. The third kappa shape index (κ3) is 2.63. The van der Waals surface area contributed by atoms with Crippen LogP contribution in [0.2, 0.25) is 8.67 Å². The van der Waals surface area contributed by atoms with Crippen LogP contribution >= 0.6 is 34.5 Å². The molecule has 1 amide bonds. The molecule has 2 rings (SSSR count). The van der Waals surface area contributed by atoms with Crippen LogP contribution in [0, 0.1) is 0 Å². The lowest BCUT2D eigenvalue weighted by Crippen LogP contribution is -2.47. The van der Waals surface area contributed by atoms with Crippen molar-refractivity contribution in [2.75, 3.05) is 6.54 Å². The molecule has 0 bridgehead atoms. The van der Waals surface area contributed by atoms with Crippen molar-refractivity contribution in [3.8, 4) is 0 Å². The van der Waals surface area contributed by atoms with Crippen LogP contribution in [0.4, 0.5) is 0 Å². The van der Waals surface area contributed by atoms with Crippen molar-refractivity contribution in [3.63, 3.8) is 0 Å². The van der Waals surface area contributed by atoms with Crippen molar-refractivity contribution in [2.24, 2.45) is 0 Å². The molecular formula is C11H11Cl2NO3S. The van der Waals surface area contributed by atoms with Gasteiger partial charge in [-0.15, -0.1) is 11.3 Å². The van der Waals surface area contributed by atoms with Gasteiger partial charge in [-0.2, -0.15) is 0 Å². The van der Waals surface area contributed by atoms with Crippen LogP contribution in [-0.2, 0) is 4.79 Å². The normalized spacial score (nSPS) is 19.9. The first-order valence-electron chi connectivity index (χ1n) is 5.49. The molecule has 0 aliphatic carbocycles. The van der Waals surface area contributed by atoms with Gasteiger partial charge in [0.05, 0.1) is 9.90 Å². The molecule has 1 atom stereocenters. The Bertz CT molecular complexity index is 489. The molecule has 1 aliphatic rings. The first kappa shape index (κ1) is 13.6. The minimum Gasteiger partial charge on any atom is -0.480 e. The number of carboxylic acid groups (broad SMARTS) is 1. The van der Waals surface area contributed by atoms with Crippen LogP contribution in [-0.4, -0.2) is 34.5 Å². The van der Waals surface area contributed by atoms with E-state index >= 15 is 0 Å². The lowest BCUT2D eigenvalue weighted by molar-refractivity contribution is -0.143. The van der Waals surface area contributed by atoms with Crippen LogP contribution in [0.1, 0.15) is 29.6 Å². The number of carboxylic acids is 1. The maximum absolute atomic E-state index is 12.3. The summed E-state index contributed by atoms with van der Waals surface area (Å²) in [4.78, 5) is 24.8. The number of nitrogens with zero attached hydrogens (tertiary/aromatic N) is 1. The van der Waals surface area contributed by atoms with E-state index in [-0.39, 0.29) is 5.91 Å². The van der Waals surface area contributed by atoms with E-state index in [4.69, 9.17) is 28.3 Å². The minimum atomic E-state index is -0.972. The van der Waals surface area contributed by atoms with Crippen LogP contribution in [0.15, 0.2) is 6.07 Å². The van der Waals surface area contributed by atoms with Gasteiger partial charge >= 0.3 is 5.97 Å². The largest absolute Gasteiger partial charge is 0.480 e. The number of halogens is 2. The van der Waals surface area contributed by atoms with E-state index in [9.17, 15) is 9.59 Å². The molecule has 4 nitrogen and oxygen atoms in total. The van der Waals surface area contributed by atoms with Gasteiger partial charge in [0, 0.05) is 6.54 Å². The summed E-state index contributed by atoms with van der Waals surface area (Å²) in [6.45, 7) is 0.444. The summed E-state index contributed by atoms with van der Waals surface area (Å²) in [5.41, 5.74) is 0.291. The number of rotatable bonds is 2. The summed E-state index contributed by atoms with van der Waals surface area (Å²) in [5, 5.41) is 9.13. The Morgan fingerprint density at radius 1 is 1.39 bits per heavy atom. The van der Waals surface area contributed by atoms with Crippen LogP contribution in [0.5, 0.6) is 0 Å². The second kappa shape index (κ2) is 5.47. The van der Waals surface area contributed by atoms with E-state index in [0.29, 0.717) is 27.2 Å². The molecule has 1 aliphatic heterocycles. The zero-order valence-electron chi connectivity index (χ0n) is 9.36. The molecule has 0 aromatic carbocycles. The zero-order chi connectivity index (χ0) is 13.3. The Labute approximate surface area is 118 Å². The number of amides is 1. The molecule has 1 aromatic rings. The summed E-state index contributed by atoms with van der Waals surface area (Å²) in [7, 11) is 0. The first-order chi connectivity index (χ1) is 8.50. The van der Waals surface area contributed by atoms with E-state index in [1.54, 1.807) is 0 Å². The number of likely N-dealkylation sites (tertiary alicyclic amines) is 1. The van der Waals surface area contributed by atoms with Gasteiger partial charge in [0.2, 0.25) is 0 Å². The summed E-state index contributed by atoms with van der Waals surface area (Å²) >= 11 is 12.8. The molecule has 1 N–H and O–H groups in total. The number of hydrogen-bond donors (Lipinski definition) is 1. The van der Waals surface area contributed by atoms with E-state index in [1.165, 1.54) is 11.0 Å². The smallest absolute Gasteiger partial charge is 0.326 e. The number of carbonyl (C=O) groups excluding carboxylic acids is 1. The number of piperidine rings is 1. The predicted molar refractivity (Wildman–Crippen MR) is 70.7 cm³/mol. The molecule has 1 aromatic heterocycles. The molecule has 7 heteroatoms. The Balaban J connectivity index is 2.26. The predicted octanol–water partition coefficient (Wildman–Crippen LogP) is 3.13. The number of aliphatic carboxylic acids is 1. The quantitative estimate of drug-likeness (QED) is 0.913. The summed E-state index contributed by atoms with van der Waals surface area (Å²) in [6.07, 6.45) is 2.11. The van der Waals surface area contributed by atoms with Gasteiger partial charge in [-0.25, -0.2) is 4.79 Å². The van der Waals surface area contributed by atoms with Gasteiger partial charge in [-0.1, -0.05) is 23.2 Å². The highest BCUT2D eigenvalue weighted by Gasteiger charge is 2.33. The average Bonchev–Trinajstić information content (AvgIpc) is 2.67. The minimum absolute atomic E-state index is 0.291. The van der Waals surface area contributed by atoms with Crippen molar-refractivity contribution >= 4 is 46.4 Å². The molecule has 0 unspecified atom stereocenters. The van der Waals surface area contributed by atoms with Crippen molar-refractivity contribution in [3.05, 3.63) is 20.3 Å². The highest BCUT2D eigenvalue weighted by molar-refractivity contribution is 7.20. The van der Waals surface area contributed by atoms with Gasteiger partial charge in [-0.05, 0) is 25.3 Å². The Hall–Kier alpha value is -0.780. The highest BCUT2D eigenvalue weighted by atomic mass is 35.5. The van der Waals surface area contributed by atoms with Gasteiger partial charge in [0.25, 0.3) is 5.91 Å². The lowest BCUT2D eigenvalue weighted by atomic mass is 10.0. The van der Waals surface area contributed by atoms with Gasteiger partial charge in [-0.3, -0.25) is 4.79 Å². The van der Waals surface area contributed by atoms with Crippen LogP contribution in [0.3, 0.4) is 0 Å². The maximum Gasteiger partial charge on any atom is 0.326 e. The number of carbonyl (C=O) groups is 2. The lowest BCUT2D eigenvalue weighted by Gasteiger charge is -2.32. The fraction of sp³-hybridized carbons (Fsp3) is 0.455. The van der Waals surface area contributed by atoms with Crippen molar-refractivity contribution in [1.82, 2.24) is 4.90 Å². The molecular weight excluding hydrogens is 297 g/mol. The van der Waals surface area contributed by atoms with E-state index in [2.05, 4.69) is 0 Å². The van der Waals surface area contributed by atoms with Gasteiger partial charge < -0.3 is 10.0 Å². The maximum atomic E-state index is 12.3. The summed E-state index contributed by atoms with van der Waals surface area (Å²) in [6, 6.07) is 0.728. The van der Waals surface area contributed by atoms with Crippen LogP contribution in [0.25, 0.3) is 0 Å². The topological polar surface area (TPSA) is 57.6 Å². The SMILES string of the molecule is O=C(O)[C@H]1CCCCN1C(=O)c1cc(Cl)sc1Cl. The molecule has 0 radical (unpaired) electrons. The van der Waals surface area contributed by atoms with Crippen molar-refractivity contribution in [2.45, 2.75) is 25.3 Å². The molecule has 0 spiro atoms. The molecule has 1 saturated heterocycles. The Morgan fingerprint density at radius 3 is 2.67 bits per heavy atom. The second-order valence-electron chi connectivity index (χ2n) is 4.09. The zero-order valence-corrected chi connectivity index (χ0v) is 11.7. The van der Waals surface area contributed by atoms with Crippen molar-refractivity contribution in [1.29, 1.82) is 0 Å². The summed E-state index contributed by atoms with van der Waals surface area (Å²) in [5.74, 6) is -1.32. The monoisotopic (exact) mass is 307 g/mol. The fourth-order valence-electron chi connectivity index (χ4n) is 2.07. The molecule has 1 fully saturated rings. The fourth-order valence-corrected chi connectivity index (χ4v) is 3.52. The second-order valence-corrected chi connectivity index (χ2v) is 6.37. The van der Waals surface area contributed by atoms with Crippen LogP contribution < -0.4 is 0 Å². The third-order valence-electron chi connectivity index (χ3n) is 2.94. The molecule has 18 heavy (non-hydrogen) atoms. The Morgan fingerprint density at radius 2 is 2.11 bits per heavy atom. The van der Waals surface area contributed by atoms with Crippen molar-refractivity contribution < 1.29 is 14.7 Å². The third-order valence-corrected chi connectivity index (χ3v) is 4.42. The standard InChI is InChI=1S/C11H11Cl2NO3S/c12-8-5-6(9(13)18-8)10(15)14-4-2-1-3-7(14)11(16)17/h5,7H,1-4H2,(H,16,17)/t7-/m1/s1. The van der Waals surface area contributed by atoms with E-state index in [0.717, 1.165) is 24.2 Å². The average molecular weight is 308 g/mol. The van der Waals surface area contributed by atoms with E-state index in [1.807, 2.05) is 0 Å². The van der Waals surface area contributed by atoms with Gasteiger partial charge in [0.15, 0.2) is 0 Å². The van der Waals surface area contributed by atoms with E-state index < -0.39 is 12.0 Å². The highest BCUT2D eigenvalue weighted by Crippen LogP contribution is 2.33. The van der Waals surface area contributed by atoms with Gasteiger partial charge in [0.1, 0.15) is 10.4 Å². The number of thiophene rings is 1. The summed E-state index contributed by atoms with van der Waals surface area (Å²) < 4.78 is 0.729. The molecule has 0 saturated carbocycles. The molecule has 2 heterocycles. The first-order valence-corrected chi connectivity index (χ1v) is 7.06. The molecule has 98 valence electrons. The number of hydrogen-bond acceptors (Lipinski definition) is 3.